The Bertz CT molecular complexity index is 770. The third-order valence-corrected chi connectivity index (χ3v) is 4.57. The number of hydrogen-bond donors (Lipinski definition) is 2. The van der Waals surface area contributed by atoms with Gasteiger partial charge >= 0.3 is 0 Å². The van der Waals surface area contributed by atoms with E-state index in [4.69, 9.17) is 4.52 Å². The average molecular weight is 343 g/mol. The predicted molar refractivity (Wildman–Crippen MR) is 90.6 cm³/mol. The Kier molecular flexibility index (Phi) is 5.02. The third kappa shape index (κ3) is 3.87. The van der Waals surface area contributed by atoms with Crippen LogP contribution in [0.15, 0.2) is 52.7 Å². The first-order valence-electron chi connectivity index (χ1n) is 7.52. The maximum absolute atomic E-state index is 12.3. The summed E-state index contributed by atoms with van der Waals surface area (Å²) >= 11 is 1.51. The topological polar surface area (TPSA) is 88.2 Å². The van der Waals surface area contributed by atoms with Crippen LogP contribution in [0.5, 0.6) is 0 Å². The number of hydrogen-bond acceptors (Lipinski definition) is 6. The molecule has 0 aliphatic heterocycles. The van der Waals surface area contributed by atoms with E-state index in [1.807, 2.05) is 24.4 Å². The fraction of sp³-hybridized carbons (Fsp3) is 0.235. The molecule has 1 amide bonds. The van der Waals surface area contributed by atoms with Gasteiger partial charge in [0.15, 0.2) is 0 Å². The number of nitrogens with zero attached hydrogens (tertiary/aromatic N) is 2. The zero-order valence-corrected chi connectivity index (χ0v) is 13.9. The predicted octanol–water partition coefficient (Wildman–Crippen LogP) is 3.04. The second-order valence-electron chi connectivity index (χ2n) is 5.47. The summed E-state index contributed by atoms with van der Waals surface area (Å²) < 4.78 is 4.70. The lowest BCUT2D eigenvalue weighted by molar-refractivity contribution is 0.0918. The van der Waals surface area contributed by atoms with Gasteiger partial charge in [-0.1, -0.05) is 23.4 Å². The molecule has 0 spiro atoms. The number of aromatic nitrogens is 2. The van der Waals surface area contributed by atoms with Crippen LogP contribution in [0, 0.1) is 0 Å². The van der Waals surface area contributed by atoms with Crippen LogP contribution in [0.1, 0.15) is 34.7 Å². The Balaban J connectivity index is 1.58. The van der Waals surface area contributed by atoms with Gasteiger partial charge in [0.1, 0.15) is 0 Å². The number of amides is 1. The molecule has 6 nitrogen and oxygen atoms in total. The van der Waals surface area contributed by atoms with E-state index < -0.39 is 6.10 Å². The summed E-state index contributed by atoms with van der Waals surface area (Å²) in [5.41, 5.74) is 1.32. The molecule has 0 radical (unpaired) electrons. The van der Waals surface area contributed by atoms with E-state index in [0.717, 1.165) is 10.4 Å². The van der Waals surface area contributed by atoms with Crippen molar-refractivity contribution < 1.29 is 14.4 Å². The monoisotopic (exact) mass is 343 g/mol. The van der Waals surface area contributed by atoms with Crippen molar-refractivity contribution in [3.63, 3.8) is 0 Å². The van der Waals surface area contributed by atoms with Crippen molar-refractivity contribution in [2.45, 2.75) is 25.5 Å². The smallest absolute Gasteiger partial charge is 0.251 e. The molecule has 0 fully saturated rings. The fourth-order valence-corrected chi connectivity index (χ4v) is 3.09. The number of nitrogens with one attached hydrogen (secondary N) is 1. The molecule has 0 saturated carbocycles. The summed E-state index contributed by atoms with van der Waals surface area (Å²) in [6, 6.07) is 10.6. The van der Waals surface area contributed by atoms with Crippen molar-refractivity contribution in [2.75, 3.05) is 0 Å². The Morgan fingerprint density at radius 2 is 2.12 bits per heavy atom. The first-order chi connectivity index (χ1) is 11.6. The van der Waals surface area contributed by atoms with Crippen LogP contribution in [0.3, 0.4) is 0 Å². The van der Waals surface area contributed by atoms with Gasteiger partial charge in [-0.2, -0.15) is 4.98 Å². The molecule has 0 saturated heterocycles. The number of aliphatic hydroxyl groups is 1. The van der Waals surface area contributed by atoms with Gasteiger partial charge in [-0.15, -0.1) is 11.3 Å². The summed E-state index contributed by atoms with van der Waals surface area (Å²) in [6.45, 7) is 1.88. The minimum Gasteiger partial charge on any atom is -0.387 e. The Morgan fingerprint density at radius 1 is 1.33 bits per heavy atom. The molecular formula is C17H17N3O3S. The molecule has 2 atom stereocenters. The highest BCUT2D eigenvalue weighted by Crippen LogP contribution is 2.23. The van der Waals surface area contributed by atoms with Crippen molar-refractivity contribution in [3.05, 3.63) is 58.6 Å². The van der Waals surface area contributed by atoms with Gasteiger partial charge in [0.05, 0.1) is 6.10 Å². The van der Waals surface area contributed by atoms with E-state index in [9.17, 15) is 9.90 Å². The van der Waals surface area contributed by atoms with Gasteiger partial charge in [0.25, 0.3) is 5.91 Å². The van der Waals surface area contributed by atoms with E-state index in [1.165, 1.54) is 17.7 Å². The molecule has 7 heteroatoms. The Morgan fingerprint density at radius 3 is 2.75 bits per heavy atom. The molecule has 1 aromatic carbocycles. The van der Waals surface area contributed by atoms with Crippen LogP contribution in [-0.4, -0.2) is 27.2 Å². The van der Waals surface area contributed by atoms with Crippen LogP contribution >= 0.6 is 11.3 Å². The zero-order valence-electron chi connectivity index (χ0n) is 13.0. The molecular weight excluding hydrogens is 326 g/mol. The Labute approximate surface area is 143 Å². The van der Waals surface area contributed by atoms with Crippen LogP contribution in [0.2, 0.25) is 0 Å². The lowest BCUT2D eigenvalue weighted by Crippen LogP contribution is -2.33. The third-order valence-electron chi connectivity index (χ3n) is 3.59. The number of carbonyl (C=O) groups excluding carboxylic acids is 1. The van der Waals surface area contributed by atoms with Crippen LogP contribution < -0.4 is 5.32 Å². The fourth-order valence-electron chi connectivity index (χ4n) is 2.37. The van der Waals surface area contributed by atoms with Crippen molar-refractivity contribution in [3.8, 4) is 11.4 Å². The summed E-state index contributed by atoms with van der Waals surface area (Å²) in [5, 5.41) is 18.7. The van der Waals surface area contributed by atoms with E-state index in [-0.39, 0.29) is 11.9 Å². The molecule has 0 aliphatic carbocycles. The average Bonchev–Trinajstić information content (AvgIpc) is 3.28. The molecule has 2 heterocycles. The van der Waals surface area contributed by atoms with Gasteiger partial charge in [0.2, 0.25) is 12.2 Å². The number of thiophene rings is 1. The highest BCUT2D eigenvalue weighted by atomic mass is 32.1. The van der Waals surface area contributed by atoms with Gasteiger partial charge in [0, 0.05) is 22.0 Å². The zero-order chi connectivity index (χ0) is 16.9. The lowest BCUT2D eigenvalue weighted by Gasteiger charge is -2.17. The van der Waals surface area contributed by atoms with Crippen LogP contribution in [0.25, 0.3) is 11.4 Å². The summed E-state index contributed by atoms with van der Waals surface area (Å²) in [4.78, 5) is 17.1. The maximum atomic E-state index is 12.3. The summed E-state index contributed by atoms with van der Waals surface area (Å²) in [6.07, 6.45) is 1.16. The molecule has 0 aliphatic rings. The van der Waals surface area contributed by atoms with Gasteiger partial charge in [-0.25, -0.2) is 0 Å². The second-order valence-corrected chi connectivity index (χ2v) is 6.45. The minimum atomic E-state index is -0.569. The van der Waals surface area contributed by atoms with Crippen LogP contribution in [-0.2, 0) is 0 Å². The van der Waals surface area contributed by atoms with E-state index in [2.05, 4.69) is 15.5 Å². The van der Waals surface area contributed by atoms with Gasteiger partial charge < -0.3 is 14.9 Å². The number of benzene rings is 1. The first-order valence-corrected chi connectivity index (χ1v) is 8.40. The molecule has 2 N–H and O–H groups in total. The minimum absolute atomic E-state index is 0.147. The SMILES string of the molecule is CC(CC(O)c1cccs1)NC(=O)c1ccc(-c2ncon2)cc1. The van der Waals surface area contributed by atoms with Crippen molar-refractivity contribution in [1.29, 1.82) is 0 Å². The largest absolute Gasteiger partial charge is 0.387 e. The summed E-state index contributed by atoms with van der Waals surface area (Å²) in [7, 11) is 0. The van der Waals surface area contributed by atoms with Crippen molar-refractivity contribution in [2.24, 2.45) is 0 Å². The molecule has 0 bridgehead atoms. The highest BCUT2D eigenvalue weighted by molar-refractivity contribution is 7.10. The lowest BCUT2D eigenvalue weighted by atomic mass is 10.1. The maximum Gasteiger partial charge on any atom is 0.251 e. The van der Waals surface area contributed by atoms with Gasteiger partial charge in [-0.05, 0) is 36.9 Å². The number of aliphatic hydroxyl groups excluding tert-OH is 1. The molecule has 124 valence electrons. The van der Waals surface area contributed by atoms with E-state index in [0.29, 0.717) is 17.8 Å². The second kappa shape index (κ2) is 7.37. The highest BCUT2D eigenvalue weighted by Gasteiger charge is 2.16. The number of rotatable bonds is 6. The quantitative estimate of drug-likeness (QED) is 0.718. The molecule has 3 aromatic rings. The standard InChI is InChI=1S/C17H17N3O3S/c1-11(9-14(21)15-3-2-8-24-15)19-17(22)13-6-4-12(5-7-13)16-18-10-23-20-16/h2-8,10-11,14,21H,9H2,1H3,(H,19,22). The molecule has 2 aromatic heterocycles. The van der Waals surface area contributed by atoms with Gasteiger partial charge in [-0.3, -0.25) is 4.79 Å². The summed E-state index contributed by atoms with van der Waals surface area (Å²) in [5.74, 6) is 0.301. The number of carbonyl (C=O) groups is 1. The van der Waals surface area contributed by atoms with E-state index in [1.54, 1.807) is 24.3 Å². The molecule has 24 heavy (non-hydrogen) atoms. The first kappa shape index (κ1) is 16.4. The van der Waals surface area contributed by atoms with Crippen LogP contribution in [0.4, 0.5) is 0 Å². The Hall–Kier alpha value is -2.51. The van der Waals surface area contributed by atoms with E-state index >= 15 is 0 Å². The normalized spacial score (nSPS) is 13.4. The molecule has 2 unspecified atom stereocenters. The molecule has 3 rings (SSSR count). The van der Waals surface area contributed by atoms with Crippen molar-refractivity contribution >= 4 is 17.2 Å². The van der Waals surface area contributed by atoms with Crippen molar-refractivity contribution in [1.82, 2.24) is 15.5 Å².